The van der Waals surface area contributed by atoms with Gasteiger partial charge < -0.3 is 20.5 Å². The van der Waals surface area contributed by atoms with Crippen LogP contribution in [0.2, 0.25) is 0 Å². The molecule has 1 fully saturated rings. The molecule has 4 aromatic rings. The van der Waals surface area contributed by atoms with Gasteiger partial charge in [-0.1, -0.05) is 65.8 Å². The van der Waals surface area contributed by atoms with E-state index in [2.05, 4.69) is 59.9 Å². The quantitative estimate of drug-likeness (QED) is 0.191. The molecule has 3 N–H and O–H groups in total. The van der Waals surface area contributed by atoms with Crippen molar-refractivity contribution in [2.24, 2.45) is 5.11 Å². The van der Waals surface area contributed by atoms with Gasteiger partial charge in [0.1, 0.15) is 24.6 Å². The molecule has 5 rings (SSSR count). The summed E-state index contributed by atoms with van der Waals surface area (Å²) >= 11 is 0. The Balaban J connectivity index is 1.44. The topological polar surface area (TPSA) is 163 Å². The number of hydrogen-bond donors (Lipinski definition) is 3. The van der Waals surface area contributed by atoms with E-state index >= 15 is 0 Å². The van der Waals surface area contributed by atoms with Gasteiger partial charge in [0.25, 0.3) is 0 Å². The number of rotatable bonds is 8. The summed E-state index contributed by atoms with van der Waals surface area (Å²) in [6.45, 7) is 0.549. The monoisotopic (exact) mass is 499 g/mol. The zero-order valence-electron chi connectivity index (χ0n) is 19.9. The fourth-order valence-electron chi connectivity index (χ4n) is 4.60. The minimum atomic E-state index is -1.29. The number of nitrogens with one attached hydrogen (secondary N) is 2. The fraction of sp³-hybridized carbons (Fsp3) is 0.280. The number of carbonyl (C=O) groups is 1. The molecule has 2 aromatic carbocycles. The first kappa shape index (κ1) is 24.2. The van der Waals surface area contributed by atoms with Crippen molar-refractivity contribution >= 4 is 22.9 Å². The van der Waals surface area contributed by atoms with Crippen LogP contribution in [0.3, 0.4) is 0 Å². The van der Waals surface area contributed by atoms with Gasteiger partial charge in [0, 0.05) is 24.4 Å². The van der Waals surface area contributed by atoms with Crippen molar-refractivity contribution in [2.75, 3.05) is 18.9 Å². The minimum absolute atomic E-state index is 0.0624. The number of ether oxygens (including phenoxy) is 1. The van der Waals surface area contributed by atoms with Crippen LogP contribution in [0.4, 0.5) is 5.82 Å². The summed E-state index contributed by atoms with van der Waals surface area (Å²) in [6.07, 6.45) is -0.626. The molecular formula is C25H25N9O3. The van der Waals surface area contributed by atoms with Gasteiger partial charge in [-0.2, -0.15) is 0 Å². The van der Waals surface area contributed by atoms with E-state index < -0.39 is 30.4 Å². The molecule has 2 aromatic heterocycles. The molecule has 188 valence electrons. The van der Waals surface area contributed by atoms with E-state index in [-0.39, 0.29) is 5.92 Å². The zero-order chi connectivity index (χ0) is 25.8. The Morgan fingerprint density at radius 1 is 1.14 bits per heavy atom. The Labute approximate surface area is 212 Å². The van der Waals surface area contributed by atoms with Gasteiger partial charge in [-0.05, 0) is 16.7 Å². The SMILES string of the molecule is CNC(=O)C1OC(n2cnc3c(NCC(c4ccccc4)c4ccccc4)ncnc32)C(O)C1N=[N+]=[N-]. The van der Waals surface area contributed by atoms with Crippen molar-refractivity contribution in [1.82, 2.24) is 24.8 Å². The van der Waals surface area contributed by atoms with Crippen LogP contribution in [0.1, 0.15) is 23.3 Å². The largest absolute Gasteiger partial charge is 0.388 e. The summed E-state index contributed by atoms with van der Waals surface area (Å²) < 4.78 is 7.33. The van der Waals surface area contributed by atoms with E-state index in [0.29, 0.717) is 23.5 Å². The third kappa shape index (κ3) is 4.68. The van der Waals surface area contributed by atoms with Crippen molar-refractivity contribution < 1.29 is 14.6 Å². The van der Waals surface area contributed by atoms with Crippen LogP contribution in [-0.4, -0.2) is 62.4 Å². The smallest absolute Gasteiger partial charge is 0.249 e. The Bertz CT molecular complexity index is 1380. The maximum Gasteiger partial charge on any atom is 0.249 e. The molecule has 0 radical (unpaired) electrons. The number of amides is 1. The van der Waals surface area contributed by atoms with E-state index in [4.69, 9.17) is 10.3 Å². The Hall–Kier alpha value is -4.51. The number of hydrogen-bond acceptors (Lipinski definition) is 8. The van der Waals surface area contributed by atoms with E-state index in [0.717, 1.165) is 11.1 Å². The molecule has 0 saturated carbocycles. The third-order valence-electron chi connectivity index (χ3n) is 6.44. The van der Waals surface area contributed by atoms with Crippen LogP contribution in [0.25, 0.3) is 21.6 Å². The average Bonchev–Trinajstić information content (AvgIpc) is 3.51. The van der Waals surface area contributed by atoms with Gasteiger partial charge in [-0.15, -0.1) is 0 Å². The number of fused-ring (bicyclic) bond motifs is 1. The van der Waals surface area contributed by atoms with Crippen LogP contribution in [0, 0.1) is 0 Å². The predicted molar refractivity (Wildman–Crippen MR) is 135 cm³/mol. The van der Waals surface area contributed by atoms with Gasteiger partial charge in [0.15, 0.2) is 23.2 Å². The number of benzene rings is 2. The van der Waals surface area contributed by atoms with Crippen molar-refractivity contribution in [1.29, 1.82) is 0 Å². The van der Waals surface area contributed by atoms with Gasteiger partial charge in [-0.3, -0.25) is 9.36 Å². The van der Waals surface area contributed by atoms with Gasteiger partial charge >= 0.3 is 0 Å². The first-order valence-electron chi connectivity index (χ1n) is 11.7. The number of azide groups is 1. The van der Waals surface area contributed by atoms with Crippen molar-refractivity contribution in [2.45, 2.75) is 30.4 Å². The Kier molecular flexibility index (Phi) is 6.95. The summed E-state index contributed by atoms with van der Waals surface area (Å²) in [5.74, 6) is 0.0724. The number of anilines is 1. The lowest BCUT2D eigenvalue weighted by molar-refractivity contribution is -0.134. The van der Waals surface area contributed by atoms with Crippen molar-refractivity contribution in [3.8, 4) is 0 Å². The van der Waals surface area contributed by atoms with E-state index in [1.807, 2.05) is 36.4 Å². The normalized spacial score (nSPS) is 21.1. The van der Waals surface area contributed by atoms with Crippen LogP contribution in [0.15, 0.2) is 78.4 Å². The Morgan fingerprint density at radius 3 is 2.43 bits per heavy atom. The lowest BCUT2D eigenvalue weighted by Gasteiger charge is -2.19. The molecule has 12 nitrogen and oxygen atoms in total. The average molecular weight is 500 g/mol. The number of aliphatic hydroxyl groups is 1. The summed E-state index contributed by atoms with van der Waals surface area (Å²) in [7, 11) is 1.44. The first-order chi connectivity index (χ1) is 18.1. The number of likely N-dealkylation sites (N-methyl/N-ethyl adjacent to an activating group) is 1. The van der Waals surface area contributed by atoms with E-state index in [1.165, 1.54) is 24.3 Å². The molecule has 37 heavy (non-hydrogen) atoms. The molecule has 4 atom stereocenters. The highest BCUT2D eigenvalue weighted by atomic mass is 16.5. The maximum absolute atomic E-state index is 12.3. The van der Waals surface area contributed by atoms with Crippen molar-refractivity contribution in [3.63, 3.8) is 0 Å². The highest BCUT2D eigenvalue weighted by Crippen LogP contribution is 2.34. The summed E-state index contributed by atoms with van der Waals surface area (Å²) in [4.78, 5) is 28.2. The standard InChI is InChI=1S/C25H25N9O3/c1-27-24(36)21-18(32-33-26)20(35)25(37-21)34-14-31-19-22(29-13-30-23(19)34)28-12-17(15-8-4-2-5-9-15)16-10-6-3-7-11-16/h2-11,13-14,17-18,20-21,25,35H,12H2,1H3,(H,27,36)(H,28,29,30). The van der Waals surface area contributed by atoms with Crippen molar-refractivity contribution in [3.05, 3.63) is 94.9 Å². The molecule has 12 heteroatoms. The second-order valence-corrected chi connectivity index (χ2v) is 8.55. The molecule has 0 aliphatic carbocycles. The number of aliphatic hydroxyl groups excluding tert-OH is 1. The maximum atomic E-state index is 12.3. The Morgan fingerprint density at radius 2 is 1.81 bits per heavy atom. The van der Waals surface area contributed by atoms with Gasteiger partial charge in [-0.25, -0.2) is 15.0 Å². The van der Waals surface area contributed by atoms with E-state index in [1.54, 1.807) is 0 Å². The molecule has 1 aliphatic rings. The molecule has 0 bridgehead atoms. The predicted octanol–water partition coefficient (Wildman–Crippen LogP) is 2.75. The van der Waals surface area contributed by atoms with Crippen LogP contribution < -0.4 is 10.6 Å². The number of imidazole rings is 1. The van der Waals surface area contributed by atoms with Crippen LogP contribution in [0.5, 0.6) is 0 Å². The molecular weight excluding hydrogens is 474 g/mol. The minimum Gasteiger partial charge on any atom is -0.388 e. The second kappa shape index (κ2) is 10.6. The first-order valence-corrected chi connectivity index (χ1v) is 11.7. The van der Waals surface area contributed by atoms with Crippen LogP contribution >= 0.6 is 0 Å². The van der Waals surface area contributed by atoms with E-state index in [9.17, 15) is 9.90 Å². The lowest BCUT2D eigenvalue weighted by atomic mass is 9.91. The van der Waals surface area contributed by atoms with Gasteiger partial charge in [0.2, 0.25) is 5.91 Å². The lowest BCUT2D eigenvalue weighted by Crippen LogP contribution is -2.40. The van der Waals surface area contributed by atoms with Gasteiger partial charge in [0.05, 0.1) is 6.33 Å². The molecule has 3 heterocycles. The third-order valence-corrected chi connectivity index (χ3v) is 6.44. The molecule has 4 unspecified atom stereocenters. The molecule has 0 spiro atoms. The highest BCUT2D eigenvalue weighted by molar-refractivity contribution is 5.83. The second-order valence-electron chi connectivity index (χ2n) is 8.55. The van der Waals surface area contributed by atoms with Crippen LogP contribution in [-0.2, 0) is 9.53 Å². The summed E-state index contributed by atoms with van der Waals surface area (Å²) in [6, 6.07) is 19.3. The zero-order valence-corrected chi connectivity index (χ0v) is 19.9. The number of aromatic nitrogens is 4. The highest BCUT2D eigenvalue weighted by Gasteiger charge is 2.48. The summed E-state index contributed by atoms with van der Waals surface area (Å²) in [5, 5.41) is 20.3. The summed E-state index contributed by atoms with van der Waals surface area (Å²) in [5.41, 5.74) is 12.1. The fourth-order valence-corrected chi connectivity index (χ4v) is 4.60. The molecule has 1 aliphatic heterocycles. The molecule has 1 amide bonds. The number of nitrogens with zero attached hydrogens (tertiary/aromatic N) is 7. The molecule has 1 saturated heterocycles. The number of carbonyl (C=O) groups excluding carboxylic acids is 1.